The quantitative estimate of drug-likeness (QED) is 0.806. The number of nitrogens with zero attached hydrogens (tertiary/aromatic N) is 1. The third-order valence-electron chi connectivity index (χ3n) is 3.89. The highest BCUT2D eigenvalue weighted by atomic mass is 16.5. The van der Waals surface area contributed by atoms with Gasteiger partial charge in [0.1, 0.15) is 5.41 Å². The molecule has 2 aliphatic rings. The summed E-state index contributed by atoms with van der Waals surface area (Å²) in [4.78, 5) is 12.2. The fraction of sp³-hybridized carbons (Fsp3) is 0.846. The van der Waals surface area contributed by atoms with Gasteiger partial charge in [0.15, 0.2) is 0 Å². The number of ether oxygens (including phenoxy) is 1. The van der Waals surface area contributed by atoms with E-state index in [-0.39, 0.29) is 5.91 Å². The number of amides is 1. The fourth-order valence-corrected chi connectivity index (χ4v) is 2.53. The van der Waals surface area contributed by atoms with Crippen LogP contribution in [0.1, 0.15) is 39.0 Å². The molecule has 94 valence electrons. The summed E-state index contributed by atoms with van der Waals surface area (Å²) >= 11 is 0. The van der Waals surface area contributed by atoms with Gasteiger partial charge < -0.3 is 10.1 Å². The summed E-state index contributed by atoms with van der Waals surface area (Å²) in [7, 11) is 0. The second-order valence-corrected chi connectivity index (χ2v) is 5.17. The highest BCUT2D eigenvalue weighted by molar-refractivity contribution is 5.86. The molecule has 1 N–H and O–H groups in total. The van der Waals surface area contributed by atoms with Gasteiger partial charge in [0, 0.05) is 19.3 Å². The predicted octanol–water partition coefficient (Wildman–Crippen LogP) is 1.61. The number of hydrogen-bond acceptors (Lipinski definition) is 3. The normalized spacial score (nSPS) is 30.4. The van der Waals surface area contributed by atoms with Crippen LogP contribution in [0.4, 0.5) is 0 Å². The van der Waals surface area contributed by atoms with E-state index >= 15 is 0 Å². The molecule has 4 nitrogen and oxygen atoms in total. The standard InChI is InChI=1S/C13H20N2O2/c1-2-3-10-8-11(10)15-12(16)13(9-14)4-6-17-7-5-13/h10-11H,2-8H2,1H3,(H,15,16). The zero-order valence-corrected chi connectivity index (χ0v) is 10.4. The van der Waals surface area contributed by atoms with Gasteiger partial charge in [-0.05, 0) is 31.6 Å². The first-order valence-electron chi connectivity index (χ1n) is 6.52. The SMILES string of the molecule is CCCC1CC1NC(=O)C1(C#N)CCOCC1. The highest BCUT2D eigenvalue weighted by Crippen LogP contribution is 2.37. The van der Waals surface area contributed by atoms with Crippen LogP contribution in [0.15, 0.2) is 0 Å². The molecule has 2 atom stereocenters. The maximum Gasteiger partial charge on any atom is 0.240 e. The lowest BCUT2D eigenvalue weighted by atomic mass is 9.81. The van der Waals surface area contributed by atoms with Crippen molar-refractivity contribution in [2.75, 3.05) is 13.2 Å². The van der Waals surface area contributed by atoms with E-state index < -0.39 is 5.41 Å². The van der Waals surface area contributed by atoms with E-state index in [1.54, 1.807) is 0 Å². The van der Waals surface area contributed by atoms with Crippen molar-refractivity contribution in [1.29, 1.82) is 5.26 Å². The number of carbonyl (C=O) groups excluding carboxylic acids is 1. The number of hydrogen-bond donors (Lipinski definition) is 1. The summed E-state index contributed by atoms with van der Waals surface area (Å²) in [6.07, 6.45) is 4.47. The van der Waals surface area contributed by atoms with E-state index in [1.807, 2.05) is 0 Å². The molecule has 2 rings (SSSR count). The lowest BCUT2D eigenvalue weighted by molar-refractivity contribution is -0.132. The Labute approximate surface area is 102 Å². The molecule has 1 aliphatic carbocycles. The van der Waals surface area contributed by atoms with Gasteiger partial charge in [0.2, 0.25) is 5.91 Å². The largest absolute Gasteiger partial charge is 0.381 e. The minimum absolute atomic E-state index is 0.0769. The lowest BCUT2D eigenvalue weighted by Gasteiger charge is -2.29. The van der Waals surface area contributed by atoms with Gasteiger partial charge in [0.05, 0.1) is 6.07 Å². The summed E-state index contributed by atoms with van der Waals surface area (Å²) in [6.45, 7) is 3.19. The van der Waals surface area contributed by atoms with Gasteiger partial charge in [-0.2, -0.15) is 5.26 Å². The van der Waals surface area contributed by atoms with E-state index in [9.17, 15) is 10.1 Å². The van der Waals surface area contributed by atoms with E-state index in [0.29, 0.717) is 38.0 Å². The average Bonchev–Trinajstić information content (AvgIpc) is 3.08. The van der Waals surface area contributed by atoms with Crippen LogP contribution in [0.2, 0.25) is 0 Å². The van der Waals surface area contributed by atoms with Crippen LogP contribution in [0.5, 0.6) is 0 Å². The van der Waals surface area contributed by atoms with Crippen LogP contribution < -0.4 is 5.32 Å². The van der Waals surface area contributed by atoms with Crippen molar-refractivity contribution >= 4 is 5.91 Å². The molecule has 1 saturated heterocycles. The topological polar surface area (TPSA) is 62.1 Å². The molecule has 0 radical (unpaired) electrons. The first-order chi connectivity index (χ1) is 8.22. The lowest BCUT2D eigenvalue weighted by Crippen LogP contribution is -2.44. The van der Waals surface area contributed by atoms with Gasteiger partial charge in [-0.1, -0.05) is 13.3 Å². The first-order valence-corrected chi connectivity index (χ1v) is 6.52. The van der Waals surface area contributed by atoms with Crippen LogP contribution in [-0.4, -0.2) is 25.2 Å². The Hall–Kier alpha value is -1.08. The molecule has 0 aromatic heterocycles. The van der Waals surface area contributed by atoms with Gasteiger partial charge in [-0.25, -0.2) is 0 Å². The summed E-state index contributed by atoms with van der Waals surface area (Å²) in [5.74, 6) is 0.562. The Balaban J connectivity index is 1.88. The Morgan fingerprint density at radius 1 is 1.53 bits per heavy atom. The molecule has 0 spiro atoms. The van der Waals surface area contributed by atoms with E-state index in [1.165, 1.54) is 6.42 Å². The van der Waals surface area contributed by atoms with Crippen molar-refractivity contribution in [2.45, 2.75) is 45.1 Å². The molecule has 4 heteroatoms. The molecule has 1 amide bonds. The zero-order valence-electron chi connectivity index (χ0n) is 10.4. The Kier molecular flexibility index (Phi) is 3.68. The molecule has 2 unspecified atom stereocenters. The number of rotatable bonds is 4. The molecule has 1 heterocycles. The van der Waals surface area contributed by atoms with Gasteiger partial charge in [-0.15, -0.1) is 0 Å². The van der Waals surface area contributed by atoms with Crippen molar-refractivity contribution in [2.24, 2.45) is 11.3 Å². The number of nitriles is 1. The highest BCUT2D eigenvalue weighted by Gasteiger charge is 2.45. The summed E-state index contributed by atoms with van der Waals surface area (Å²) < 4.78 is 5.23. The predicted molar refractivity (Wildman–Crippen MR) is 63.0 cm³/mol. The van der Waals surface area contributed by atoms with Crippen LogP contribution in [0.3, 0.4) is 0 Å². The summed E-state index contributed by atoms with van der Waals surface area (Å²) in [5.41, 5.74) is -0.836. The zero-order chi connectivity index (χ0) is 12.3. The first kappa shape index (κ1) is 12.4. The number of carbonyl (C=O) groups is 1. The second-order valence-electron chi connectivity index (χ2n) is 5.17. The monoisotopic (exact) mass is 236 g/mol. The van der Waals surface area contributed by atoms with Gasteiger partial charge in [-0.3, -0.25) is 4.79 Å². The van der Waals surface area contributed by atoms with E-state index in [4.69, 9.17) is 4.74 Å². The molecule has 0 bridgehead atoms. The molecule has 0 aromatic carbocycles. The third kappa shape index (κ3) is 2.61. The van der Waals surface area contributed by atoms with Gasteiger partial charge in [0.25, 0.3) is 0 Å². The van der Waals surface area contributed by atoms with Crippen LogP contribution in [-0.2, 0) is 9.53 Å². The molecule has 1 aliphatic heterocycles. The fourth-order valence-electron chi connectivity index (χ4n) is 2.53. The minimum Gasteiger partial charge on any atom is -0.381 e. The minimum atomic E-state index is -0.836. The van der Waals surface area contributed by atoms with E-state index in [0.717, 1.165) is 12.8 Å². The van der Waals surface area contributed by atoms with Crippen molar-refractivity contribution in [3.05, 3.63) is 0 Å². The number of nitrogens with one attached hydrogen (secondary N) is 1. The maximum atomic E-state index is 12.2. The van der Waals surface area contributed by atoms with E-state index in [2.05, 4.69) is 18.3 Å². The van der Waals surface area contributed by atoms with Crippen LogP contribution in [0.25, 0.3) is 0 Å². The molecule has 17 heavy (non-hydrogen) atoms. The second kappa shape index (κ2) is 5.05. The van der Waals surface area contributed by atoms with Crippen molar-refractivity contribution in [3.63, 3.8) is 0 Å². The Bertz CT molecular complexity index is 329. The maximum absolute atomic E-state index is 12.2. The third-order valence-corrected chi connectivity index (χ3v) is 3.89. The Morgan fingerprint density at radius 2 is 2.24 bits per heavy atom. The van der Waals surface area contributed by atoms with Crippen molar-refractivity contribution in [3.8, 4) is 6.07 Å². The molecule has 1 saturated carbocycles. The van der Waals surface area contributed by atoms with Crippen LogP contribution in [0, 0.1) is 22.7 Å². The average molecular weight is 236 g/mol. The smallest absolute Gasteiger partial charge is 0.240 e. The molecule has 2 fully saturated rings. The molecular weight excluding hydrogens is 216 g/mol. The summed E-state index contributed by atoms with van der Waals surface area (Å²) in [6, 6.07) is 2.52. The van der Waals surface area contributed by atoms with Crippen molar-refractivity contribution in [1.82, 2.24) is 5.32 Å². The van der Waals surface area contributed by atoms with Crippen LogP contribution >= 0.6 is 0 Å². The van der Waals surface area contributed by atoms with Gasteiger partial charge >= 0.3 is 0 Å². The van der Waals surface area contributed by atoms with Crippen molar-refractivity contribution < 1.29 is 9.53 Å². The Morgan fingerprint density at radius 3 is 2.82 bits per heavy atom. The molecular formula is C13H20N2O2. The molecule has 0 aromatic rings. The summed E-state index contributed by atoms with van der Waals surface area (Å²) in [5, 5.41) is 12.3.